The van der Waals surface area contributed by atoms with E-state index in [0.29, 0.717) is 40.9 Å². The second-order valence-electron chi connectivity index (χ2n) is 6.59. The Morgan fingerprint density at radius 3 is 2.39 bits per heavy atom. The van der Waals surface area contributed by atoms with Crippen molar-refractivity contribution in [2.24, 2.45) is 12.8 Å². The van der Waals surface area contributed by atoms with E-state index >= 15 is 0 Å². The lowest BCUT2D eigenvalue weighted by atomic mass is 10.3. The first-order chi connectivity index (χ1) is 13.1. The Bertz CT molecular complexity index is 918. The van der Waals surface area contributed by atoms with E-state index in [4.69, 9.17) is 10.2 Å². The number of anilines is 2. The molecule has 0 aliphatic rings. The predicted octanol–water partition coefficient (Wildman–Crippen LogP) is 1.34. The zero-order valence-electron chi connectivity index (χ0n) is 16.9. The second-order valence-corrected chi connectivity index (χ2v) is 8.29. The summed E-state index contributed by atoms with van der Waals surface area (Å²) in [5, 5.41) is 4.05. The minimum atomic E-state index is -4.33. The van der Waals surface area contributed by atoms with Gasteiger partial charge in [-0.1, -0.05) is 13.8 Å². The molecule has 0 fully saturated rings. The molecular weight excluding hydrogens is 384 g/mol. The maximum Gasteiger partial charge on any atom is 0.334 e. The van der Waals surface area contributed by atoms with Crippen molar-refractivity contribution < 1.29 is 17.6 Å². The molecule has 0 atom stereocenters. The summed E-state index contributed by atoms with van der Waals surface area (Å²) >= 11 is 0. The Morgan fingerprint density at radius 2 is 1.93 bits per heavy atom. The standard InChI is InChI=1S/C17H28N6O4S/c1-6-14-10-15(16(7-2)27-14)23(17(18)24)28(25,26)22(9-8-20(3)4)13-11-19-21(5)12-13/h10-12H,6-9H2,1-5H3,(H2,18,24). The number of carbonyl (C=O) groups excluding carboxylic acids is 1. The molecule has 0 radical (unpaired) electrons. The molecule has 10 nitrogen and oxygen atoms in total. The van der Waals surface area contributed by atoms with Gasteiger partial charge in [-0.05, 0) is 14.1 Å². The molecule has 2 aromatic heterocycles. The van der Waals surface area contributed by atoms with Crippen molar-refractivity contribution >= 4 is 27.6 Å². The second kappa shape index (κ2) is 8.65. The lowest BCUT2D eigenvalue weighted by Gasteiger charge is -2.30. The van der Waals surface area contributed by atoms with Crippen molar-refractivity contribution in [3.63, 3.8) is 0 Å². The molecule has 2 heterocycles. The number of nitrogens with two attached hydrogens (primary N) is 1. The maximum atomic E-state index is 13.5. The van der Waals surface area contributed by atoms with E-state index in [1.54, 1.807) is 19.3 Å². The van der Waals surface area contributed by atoms with Gasteiger partial charge in [0.2, 0.25) is 0 Å². The SMILES string of the molecule is CCc1cc(N(C(N)=O)S(=O)(=O)N(CCN(C)C)c2cnn(C)c2)c(CC)o1. The summed E-state index contributed by atoms with van der Waals surface area (Å²) in [6.45, 7) is 4.25. The van der Waals surface area contributed by atoms with E-state index in [9.17, 15) is 13.2 Å². The summed E-state index contributed by atoms with van der Waals surface area (Å²) in [6.07, 6.45) is 3.98. The number of nitrogens with zero attached hydrogens (tertiary/aromatic N) is 5. The summed E-state index contributed by atoms with van der Waals surface area (Å²) in [5.74, 6) is 0.965. The third kappa shape index (κ3) is 4.47. The van der Waals surface area contributed by atoms with Crippen LogP contribution < -0.4 is 14.3 Å². The van der Waals surface area contributed by atoms with Gasteiger partial charge in [-0.25, -0.2) is 9.10 Å². The monoisotopic (exact) mass is 412 g/mol. The number of aromatic nitrogens is 2. The van der Waals surface area contributed by atoms with E-state index in [0.717, 1.165) is 4.31 Å². The fourth-order valence-corrected chi connectivity index (χ4v) is 4.23. The van der Waals surface area contributed by atoms with Crippen molar-refractivity contribution in [2.45, 2.75) is 26.7 Å². The minimum absolute atomic E-state index is 0.116. The molecule has 2 aromatic rings. The van der Waals surface area contributed by atoms with E-state index < -0.39 is 16.2 Å². The van der Waals surface area contributed by atoms with Crippen molar-refractivity contribution in [1.82, 2.24) is 14.7 Å². The highest BCUT2D eigenvalue weighted by atomic mass is 32.2. The molecule has 11 heteroatoms. The molecule has 28 heavy (non-hydrogen) atoms. The highest BCUT2D eigenvalue weighted by molar-refractivity contribution is 7.94. The third-order valence-corrected chi connectivity index (χ3v) is 5.95. The van der Waals surface area contributed by atoms with Gasteiger partial charge in [0.1, 0.15) is 17.2 Å². The number of amides is 2. The molecule has 156 valence electrons. The van der Waals surface area contributed by atoms with Gasteiger partial charge >= 0.3 is 16.2 Å². The lowest BCUT2D eigenvalue weighted by molar-refractivity contribution is 0.256. The zero-order chi connectivity index (χ0) is 21.1. The van der Waals surface area contributed by atoms with Crippen LogP contribution in [0.15, 0.2) is 22.9 Å². The lowest BCUT2D eigenvalue weighted by Crippen LogP contribution is -2.51. The fraction of sp³-hybridized carbons (Fsp3) is 0.529. The summed E-state index contributed by atoms with van der Waals surface area (Å²) in [4.78, 5) is 14.1. The number of urea groups is 1. The molecule has 0 aliphatic carbocycles. The van der Waals surface area contributed by atoms with Gasteiger partial charge < -0.3 is 15.1 Å². The molecular formula is C17H28N6O4S. The smallest absolute Gasteiger partial charge is 0.334 e. The average molecular weight is 413 g/mol. The van der Waals surface area contributed by atoms with Crippen LogP contribution in [0.1, 0.15) is 25.4 Å². The highest BCUT2D eigenvalue weighted by Gasteiger charge is 2.37. The largest absolute Gasteiger partial charge is 0.464 e. The van der Waals surface area contributed by atoms with E-state index in [-0.39, 0.29) is 12.2 Å². The number of likely N-dealkylation sites (N-methyl/N-ethyl adjacent to an activating group) is 1. The summed E-state index contributed by atoms with van der Waals surface area (Å²) in [5.41, 5.74) is 6.00. The summed E-state index contributed by atoms with van der Waals surface area (Å²) in [7, 11) is 1.02. The molecule has 0 saturated carbocycles. The van der Waals surface area contributed by atoms with Crippen LogP contribution in [0.25, 0.3) is 0 Å². The first kappa shape index (κ1) is 21.8. The van der Waals surface area contributed by atoms with Gasteiger partial charge in [-0.15, -0.1) is 0 Å². The molecule has 0 aliphatic heterocycles. The van der Waals surface area contributed by atoms with Gasteiger partial charge in [0.15, 0.2) is 0 Å². The molecule has 0 unspecified atom stereocenters. The van der Waals surface area contributed by atoms with Crippen LogP contribution in [0.4, 0.5) is 16.2 Å². The van der Waals surface area contributed by atoms with Crippen LogP contribution >= 0.6 is 0 Å². The quantitative estimate of drug-likeness (QED) is 0.664. The van der Waals surface area contributed by atoms with Crippen LogP contribution in [0.2, 0.25) is 0 Å². The Labute approximate surface area is 165 Å². The molecule has 2 N–H and O–H groups in total. The normalized spacial score (nSPS) is 11.8. The van der Waals surface area contributed by atoms with Gasteiger partial charge in [0.25, 0.3) is 0 Å². The maximum absolute atomic E-state index is 13.5. The fourth-order valence-electron chi connectivity index (χ4n) is 2.73. The van der Waals surface area contributed by atoms with Crippen molar-refractivity contribution in [2.75, 3.05) is 35.8 Å². The van der Waals surface area contributed by atoms with Gasteiger partial charge in [-0.2, -0.15) is 17.8 Å². The molecule has 0 spiro atoms. The van der Waals surface area contributed by atoms with Crippen LogP contribution in [-0.2, 0) is 30.1 Å². The molecule has 0 saturated heterocycles. The van der Waals surface area contributed by atoms with E-state index in [1.165, 1.54) is 10.9 Å². The first-order valence-electron chi connectivity index (χ1n) is 8.99. The Kier molecular flexibility index (Phi) is 6.73. The number of hydrogen-bond donors (Lipinski definition) is 1. The number of aryl methyl sites for hydroxylation is 3. The van der Waals surface area contributed by atoms with Crippen molar-refractivity contribution in [3.05, 3.63) is 30.0 Å². The van der Waals surface area contributed by atoms with Gasteiger partial charge in [0.05, 0.1) is 11.9 Å². The van der Waals surface area contributed by atoms with Crippen LogP contribution in [0.3, 0.4) is 0 Å². The van der Waals surface area contributed by atoms with E-state index in [1.807, 2.05) is 32.8 Å². The Hall–Kier alpha value is -2.53. The Morgan fingerprint density at radius 1 is 1.25 bits per heavy atom. The summed E-state index contributed by atoms with van der Waals surface area (Å²) in [6, 6.07) is 0.450. The summed E-state index contributed by atoms with van der Waals surface area (Å²) < 4.78 is 35.9. The molecule has 2 amide bonds. The van der Waals surface area contributed by atoms with E-state index in [2.05, 4.69) is 5.10 Å². The number of rotatable bonds is 9. The minimum Gasteiger partial charge on any atom is -0.464 e. The molecule has 2 rings (SSSR count). The van der Waals surface area contributed by atoms with Crippen LogP contribution in [0.5, 0.6) is 0 Å². The number of primary amides is 1. The van der Waals surface area contributed by atoms with Gasteiger partial charge in [0, 0.05) is 45.2 Å². The predicted molar refractivity (Wildman–Crippen MR) is 108 cm³/mol. The van der Waals surface area contributed by atoms with Crippen LogP contribution in [0, 0.1) is 0 Å². The first-order valence-corrected chi connectivity index (χ1v) is 10.4. The topological polar surface area (TPSA) is 118 Å². The van der Waals surface area contributed by atoms with Crippen LogP contribution in [-0.4, -0.2) is 56.3 Å². The molecule has 0 bridgehead atoms. The number of hydrogen-bond acceptors (Lipinski definition) is 6. The molecule has 0 aromatic carbocycles. The number of carbonyl (C=O) groups is 1. The van der Waals surface area contributed by atoms with Crippen molar-refractivity contribution in [1.29, 1.82) is 0 Å². The third-order valence-electron chi connectivity index (χ3n) is 4.16. The number of furan rings is 1. The van der Waals surface area contributed by atoms with Crippen molar-refractivity contribution in [3.8, 4) is 0 Å². The highest BCUT2D eigenvalue weighted by Crippen LogP contribution is 2.31. The average Bonchev–Trinajstić information content (AvgIpc) is 3.20. The zero-order valence-corrected chi connectivity index (χ0v) is 17.7. The Balaban J connectivity index is 2.58. The van der Waals surface area contributed by atoms with Gasteiger partial charge in [-0.3, -0.25) is 4.68 Å².